The van der Waals surface area contributed by atoms with E-state index in [4.69, 9.17) is 10.5 Å². The molecule has 0 unspecified atom stereocenters. The molecule has 1 fully saturated rings. The van der Waals surface area contributed by atoms with Gasteiger partial charge >= 0.3 is 0 Å². The lowest BCUT2D eigenvalue weighted by Gasteiger charge is -2.23. The number of rotatable bonds is 2. The molecule has 0 radical (unpaired) electrons. The van der Waals surface area contributed by atoms with Crippen molar-refractivity contribution < 1.29 is 9.53 Å². The molecular formula is C16H17BrN2O2. The maximum Gasteiger partial charge on any atom is 0.253 e. The summed E-state index contributed by atoms with van der Waals surface area (Å²) in [4.78, 5) is 12.5. The van der Waals surface area contributed by atoms with E-state index in [0.29, 0.717) is 24.5 Å². The van der Waals surface area contributed by atoms with Gasteiger partial charge in [0.25, 0.3) is 5.91 Å². The minimum Gasteiger partial charge on any atom is -0.398 e. The van der Waals surface area contributed by atoms with Gasteiger partial charge in [0.2, 0.25) is 0 Å². The number of ether oxygens (including phenoxy) is 1. The van der Waals surface area contributed by atoms with E-state index >= 15 is 0 Å². The van der Waals surface area contributed by atoms with E-state index in [2.05, 4.69) is 21.2 Å². The topological polar surface area (TPSA) is 64.4 Å². The van der Waals surface area contributed by atoms with Crippen molar-refractivity contribution in [2.75, 3.05) is 18.9 Å². The van der Waals surface area contributed by atoms with E-state index in [0.717, 1.165) is 28.1 Å². The van der Waals surface area contributed by atoms with Crippen LogP contribution in [0.25, 0.3) is 10.8 Å². The number of benzene rings is 2. The van der Waals surface area contributed by atoms with Gasteiger partial charge in [0.15, 0.2) is 0 Å². The largest absolute Gasteiger partial charge is 0.398 e. The molecule has 2 aromatic rings. The Morgan fingerprint density at radius 1 is 1.24 bits per heavy atom. The van der Waals surface area contributed by atoms with Crippen LogP contribution in [0.1, 0.15) is 23.2 Å². The molecule has 21 heavy (non-hydrogen) atoms. The highest BCUT2D eigenvalue weighted by Gasteiger charge is 2.20. The first-order chi connectivity index (χ1) is 10.2. The molecule has 2 aromatic carbocycles. The summed E-state index contributed by atoms with van der Waals surface area (Å²) in [6, 6.07) is 9.75. The Morgan fingerprint density at radius 3 is 2.62 bits per heavy atom. The monoisotopic (exact) mass is 348 g/mol. The molecule has 1 heterocycles. The molecule has 110 valence electrons. The predicted molar refractivity (Wildman–Crippen MR) is 87.4 cm³/mol. The highest BCUT2D eigenvalue weighted by atomic mass is 79.9. The molecule has 4 nitrogen and oxygen atoms in total. The van der Waals surface area contributed by atoms with Crippen LogP contribution in [0.4, 0.5) is 5.69 Å². The molecule has 1 amide bonds. The Balaban J connectivity index is 1.92. The Hall–Kier alpha value is -1.59. The summed E-state index contributed by atoms with van der Waals surface area (Å²) in [7, 11) is 0. The summed E-state index contributed by atoms with van der Waals surface area (Å²) in [6.45, 7) is 1.39. The van der Waals surface area contributed by atoms with E-state index in [1.54, 1.807) is 6.07 Å². The van der Waals surface area contributed by atoms with Crippen LogP contribution in [0.5, 0.6) is 0 Å². The number of nitrogens with one attached hydrogen (secondary N) is 1. The summed E-state index contributed by atoms with van der Waals surface area (Å²) in [6.07, 6.45) is 1.70. The number of nitrogens with two attached hydrogens (primary N) is 1. The van der Waals surface area contributed by atoms with Crippen molar-refractivity contribution in [1.82, 2.24) is 5.32 Å². The lowest BCUT2D eigenvalue weighted by molar-refractivity contribution is 0.0697. The molecule has 3 rings (SSSR count). The highest BCUT2D eigenvalue weighted by Crippen LogP contribution is 2.31. The van der Waals surface area contributed by atoms with Crippen molar-refractivity contribution in [1.29, 1.82) is 0 Å². The van der Waals surface area contributed by atoms with Gasteiger partial charge in [0.05, 0.1) is 11.3 Å². The summed E-state index contributed by atoms with van der Waals surface area (Å²) < 4.78 is 6.18. The van der Waals surface area contributed by atoms with E-state index in [1.807, 2.05) is 24.3 Å². The van der Waals surface area contributed by atoms with Crippen LogP contribution in [0, 0.1) is 0 Å². The minimum atomic E-state index is -0.120. The Kier molecular flexibility index (Phi) is 4.12. The fraction of sp³-hybridized carbons (Fsp3) is 0.312. The zero-order valence-corrected chi connectivity index (χ0v) is 13.2. The van der Waals surface area contributed by atoms with Crippen LogP contribution in [0.3, 0.4) is 0 Å². The Labute approximate surface area is 131 Å². The van der Waals surface area contributed by atoms with E-state index in [1.165, 1.54) is 0 Å². The Bertz CT molecular complexity index is 681. The van der Waals surface area contributed by atoms with Crippen LogP contribution >= 0.6 is 15.9 Å². The molecule has 5 heteroatoms. The summed E-state index contributed by atoms with van der Waals surface area (Å²) in [5, 5.41) is 4.95. The van der Waals surface area contributed by atoms with Gasteiger partial charge in [-0.3, -0.25) is 4.79 Å². The van der Waals surface area contributed by atoms with Crippen molar-refractivity contribution >= 4 is 38.3 Å². The third-order valence-electron chi connectivity index (χ3n) is 3.84. The molecular weight excluding hydrogens is 332 g/mol. The second-order valence-corrected chi connectivity index (χ2v) is 6.08. The van der Waals surface area contributed by atoms with Gasteiger partial charge in [-0.25, -0.2) is 0 Å². The summed E-state index contributed by atoms with van der Waals surface area (Å²) in [5.41, 5.74) is 7.23. The van der Waals surface area contributed by atoms with Crippen molar-refractivity contribution in [2.45, 2.75) is 18.9 Å². The second kappa shape index (κ2) is 6.03. The van der Waals surface area contributed by atoms with E-state index in [9.17, 15) is 4.79 Å². The average molecular weight is 349 g/mol. The van der Waals surface area contributed by atoms with Crippen molar-refractivity contribution in [3.63, 3.8) is 0 Å². The van der Waals surface area contributed by atoms with Gasteiger partial charge in [0.1, 0.15) is 0 Å². The van der Waals surface area contributed by atoms with Crippen LogP contribution in [0.2, 0.25) is 0 Å². The second-order valence-electron chi connectivity index (χ2n) is 5.23. The fourth-order valence-corrected chi connectivity index (χ4v) is 3.22. The maximum atomic E-state index is 12.5. The summed E-state index contributed by atoms with van der Waals surface area (Å²) in [5.74, 6) is -0.120. The van der Waals surface area contributed by atoms with Gasteiger partial charge in [-0.15, -0.1) is 0 Å². The van der Waals surface area contributed by atoms with Gasteiger partial charge < -0.3 is 15.8 Å². The number of hydrogen-bond acceptors (Lipinski definition) is 3. The quantitative estimate of drug-likeness (QED) is 0.819. The number of fused-ring (bicyclic) bond motifs is 1. The fourth-order valence-electron chi connectivity index (χ4n) is 2.65. The lowest BCUT2D eigenvalue weighted by Crippen LogP contribution is -2.39. The number of anilines is 1. The van der Waals surface area contributed by atoms with Crippen molar-refractivity contribution in [3.05, 3.63) is 40.4 Å². The van der Waals surface area contributed by atoms with Crippen LogP contribution < -0.4 is 11.1 Å². The molecule has 0 bridgehead atoms. The molecule has 0 atom stereocenters. The number of amides is 1. The smallest absolute Gasteiger partial charge is 0.253 e. The predicted octanol–water partition coefficient (Wildman–Crippen LogP) is 3.09. The zero-order valence-electron chi connectivity index (χ0n) is 11.6. The number of halogens is 1. The number of hydrogen-bond donors (Lipinski definition) is 2. The standard InChI is InChI=1S/C16H17BrN2O2/c17-14-9-13(15(18)12-4-2-1-3-11(12)14)16(20)19-10-5-7-21-8-6-10/h1-4,9-10H,5-8,18H2,(H,19,20). The molecule has 0 aliphatic carbocycles. The van der Waals surface area contributed by atoms with Crippen molar-refractivity contribution in [3.8, 4) is 0 Å². The first kappa shape index (κ1) is 14.4. The average Bonchev–Trinajstić information content (AvgIpc) is 2.52. The zero-order chi connectivity index (χ0) is 14.8. The third kappa shape index (κ3) is 2.89. The first-order valence-electron chi connectivity index (χ1n) is 7.02. The van der Waals surface area contributed by atoms with E-state index in [-0.39, 0.29) is 11.9 Å². The van der Waals surface area contributed by atoms with Gasteiger partial charge in [-0.1, -0.05) is 40.2 Å². The lowest BCUT2D eigenvalue weighted by atomic mass is 10.0. The number of carbonyl (C=O) groups excluding carboxylic acids is 1. The van der Waals surface area contributed by atoms with Crippen LogP contribution in [0.15, 0.2) is 34.8 Å². The molecule has 3 N–H and O–H groups in total. The summed E-state index contributed by atoms with van der Waals surface area (Å²) >= 11 is 3.52. The third-order valence-corrected chi connectivity index (χ3v) is 4.49. The SMILES string of the molecule is Nc1c(C(=O)NC2CCOCC2)cc(Br)c2ccccc12. The molecule has 0 aromatic heterocycles. The molecule has 1 aliphatic rings. The van der Waals surface area contributed by atoms with Gasteiger partial charge in [-0.05, 0) is 24.3 Å². The highest BCUT2D eigenvalue weighted by molar-refractivity contribution is 9.10. The normalized spacial score (nSPS) is 16.0. The van der Waals surface area contributed by atoms with E-state index < -0.39 is 0 Å². The van der Waals surface area contributed by atoms with Crippen LogP contribution in [-0.4, -0.2) is 25.2 Å². The first-order valence-corrected chi connectivity index (χ1v) is 7.81. The molecule has 0 spiro atoms. The van der Waals surface area contributed by atoms with Gasteiger partial charge in [0, 0.05) is 29.1 Å². The minimum absolute atomic E-state index is 0.120. The van der Waals surface area contributed by atoms with Crippen LogP contribution in [-0.2, 0) is 4.74 Å². The molecule has 1 aliphatic heterocycles. The van der Waals surface area contributed by atoms with Crippen molar-refractivity contribution in [2.24, 2.45) is 0 Å². The number of carbonyl (C=O) groups is 1. The molecule has 0 saturated carbocycles. The molecule has 1 saturated heterocycles. The maximum absolute atomic E-state index is 12.5. The Morgan fingerprint density at radius 2 is 1.90 bits per heavy atom. The number of nitrogen functional groups attached to an aromatic ring is 1. The van der Waals surface area contributed by atoms with Gasteiger partial charge in [-0.2, -0.15) is 0 Å².